The average molecular weight is 504 g/mol. The monoisotopic (exact) mass is 503 g/mol. The predicted molar refractivity (Wildman–Crippen MR) is 126 cm³/mol. The van der Waals surface area contributed by atoms with Crippen molar-refractivity contribution in [1.29, 1.82) is 0 Å². The molecule has 0 aliphatic carbocycles. The van der Waals surface area contributed by atoms with Crippen LogP contribution in [-0.2, 0) is 21.0 Å². The van der Waals surface area contributed by atoms with E-state index in [1.54, 1.807) is 30.6 Å². The molecule has 2 unspecified atom stereocenters. The first-order valence-corrected chi connectivity index (χ1v) is 11.9. The van der Waals surface area contributed by atoms with E-state index in [4.69, 9.17) is 14.0 Å². The number of phenols is 2. The lowest BCUT2D eigenvalue weighted by Gasteiger charge is -2.24. The summed E-state index contributed by atoms with van der Waals surface area (Å²) in [5, 5.41) is 19.9. The van der Waals surface area contributed by atoms with Crippen LogP contribution in [0.1, 0.15) is 22.9 Å². The second-order valence-corrected chi connectivity index (χ2v) is 9.24. The molecule has 1 aliphatic rings. The number of nitrogens with zero attached hydrogens (tertiary/aromatic N) is 3. The molecule has 0 bridgehead atoms. The summed E-state index contributed by atoms with van der Waals surface area (Å²) in [5.41, 5.74) is 2.04. The molecule has 0 amide bonds. The second-order valence-electron chi connectivity index (χ2n) is 8.20. The number of imidazole rings is 1. The van der Waals surface area contributed by atoms with E-state index in [9.17, 15) is 18.6 Å². The minimum Gasteiger partial charge on any atom is -0.504 e. The fraction of sp³-hybridized carbons (Fsp3) is 0.261. The largest absolute Gasteiger partial charge is 0.504 e. The summed E-state index contributed by atoms with van der Waals surface area (Å²) in [6.45, 7) is 0.821. The Labute approximate surface area is 202 Å². The van der Waals surface area contributed by atoms with E-state index in [0.717, 1.165) is 24.9 Å². The third-order valence-electron chi connectivity index (χ3n) is 5.28. The van der Waals surface area contributed by atoms with Crippen molar-refractivity contribution >= 4 is 16.5 Å². The highest BCUT2D eigenvalue weighted by Gasteiger charge is 2.35. The van der Waals surface area contributed by atoms with Gasteiger partial charge in [-0.3, -0.25) is 4.55 Å². The van der Waals surface area contributed by atoms with Gasteiger partial charge in [-0.2, -0.15) is 8.42 Å². The fourth-order valence-corrected chi connectivity index (χ4v) is 3.79. The van der Waals surface area contributed by atoms with E-state index >= 15 is 0 Å². The fourth-order valence-electron chi connectivity index (χ4n) is 3.59. The van der Waals surface area contributed by atoms with Crippen molar-refractivity contribution in [3.05, 3.63) is 72.0 Å². The lowest BCUT2D eigenvalue weighted by atomic mass is 10.1. The SMILES string of the molecule is CN(C)CCc1cn(C(c2ccc(O)c(O)c2)C2Oc3ccc(/C=C/OS(=O)(=O)O)cc3O2)cn1. The zero-order valence-electron chi connectivity index (χ0n) is 19.0. The molecule has 2 heterocycles. The Morgan fingerprint density at radius 3 is 2.63 bits per heavy atom. The summed E-state index contributed by atoms with van der Waals surface area (Å²) in [6, 6.07) is 8.88. The zero-order chi connectivity index (χ0) is 25.2. The van der Waals surface area contributed by atoms with Gasteiger partial charge < -0.3 is 33.3 Å². The number of aromatic nitrogens is 2. The van der Waals surface area contributed by atoms with Crippen LogP contribution in [0.5, 0.6) is 23.0 Å². The summed E-state index contributed by atoms with van der Waals surface area (Å²) in [7, 11) is -0.631. The molecule has 1 aliphatic heterocycles. The van der Waals surface area contributed by atoms with Crippen molar-refractivity contribution < 1.29 is 36.8 Å². The molecule has 2 aromatic carbocycles. The van der Waals surface area contributed by atoms with Crippen LogP contribution >= 0.6 is 0 Å². The van der Waals surface area contributed by atoms with Crippen molar-refractivity contribution in [2.75, 3.05) is 20.6 Å². The Balaban J connectivity index is 1.61. The first-order chi connectivity index (χ1) is 16.6. The maximum absolute atomic E-state index is 10.7. The molecular weight excluding hydrogens is 478 g/mol. The van der Waals surface area contributed by atoms with Crippen molar-refractivity contribution in [2.24, 2.45) is 0 Å². The number of ether oxygens (including phenoxy) is 2. The molecule has 0 radical (unpaired) electrons. The first kappa shape index (κ1) is 24.4. The maximum atomic E-state index is 10.7. The lowest BCUT2D eigenvalue weighted by Crippen LogP contribution is -2.31. The standard InChI is InChI=1S/C23H25N3O8S/c1-25(2)9-7-17-13-26(14-24-17)22(16-4-5-18(27)19(28)12-16)23-33-20-6-3-15(11-21(20)34-23)8-10-32-35(29,30)31/h3-6,8,10-14,22-23,27-28H,7,9H2,1-2H3,(H,29,30,31)/b10-8+. The number of likely N-dealkylation sites (N-methyl/N-ethyl adjacent to an activating group) is 1. The van der Waals surface area contributed by atoms with E-state index < -0.39 is 22.7 Å². The highest BCUT2D eigenvalue weighted by atomic mass is 32.3. The van der Waals surface area contributed by atoms with Crippen LogP contribution in [0.15, 0.2) is 55.2 Å². The molecule has 0 saturated heterocycles. The summed E-state index contributed by atoms with van der Waals surface area (Å²) >= 11 is 0. The molecule has 2 atom stereocenters. The minimum absolute atomic E-state index is 0.245. The first-order valence-electron chi connectivity index (χ1n) is 10.6. The summed E-state index contributed by atoms with van der Waals surface area (Å²) in [6.07, 6.45) is 5.63. The molecule has 11 nitrogen and oxygen atoms in total. The highest BCUT2D eigenvalue weighted by molar-refractivity contribution is 7.81. The van der Waals surface area contributed by atoms with E-state index in [1.165, 1.54) is 18.2 Å². The normalized spacial score (nSPS) is 16.2. The molecule has 4 rings (SSSR count). The van der Waals surface area contributed by atoms with Gasteiger partial charge in [0.2, 0.25) is 0 Å². The van der Waals surface area contributed by atoms with Crippen molar-refractivity contribution in [2.45, 2.75) is 18.8 Å². The minimum atomic E-state index is -4.59. The zero-order valence-corrected chi connectivity index (χ0v) is 19.8. The molecule has 1 aromatic heterocycles. The van der Waals surface area contributed by atoms with Crippen molar-refractivity contribution in [3.63, 3.8) is 0 Å². The molecule has 0 saturated carbocycles. The van der Waals surface area contributed by atoms with Crippen LogP contribution in [0.25, 0.3) is 6.08 Å². The molecule has 3 N–H and O–H groups in total. The Kier molecular flexibility index (Phi) is 6.87. The maximum Gasteiger partial charge on any atom is 0.445 e. The number of rotatable bonds is 9. The lowest BCUT2D eigenvalue weighted by molar-refractivity contribution is 0.0148. The van der Waals surface area contributed by atoms with Crippen LogP contribution in [0.4, 0.5) is 0 Å². The van der Waals surface area contributed by atoms with Crippen LogP contribution in [0, 0.1) is 0 Å². The van der Waals surface area contributed by atoms with E-state index in [-0.39, 0.29) is 11.5 Å². The van der Waals surface area contributed by atoms with Crippen LogP contribution < -0.4 is 9.47 Å². The van der Waals surface area contributed by atoms with Crippen molar-refractivity contribution in [1.82, 2.24) is 14.5 Å². The number of benzene rings is 2. The highest BCUT2D eigenvalue weighted by Crippen LogP contribution is 2.41. The Hall–Kier alpha value is -3.74. The van der Waals surface area contributed by atoms with Gasteiger partial charge in [0.15, 0.2) is 23.0 Å². The third-order valence-corrected chi connectivity index (χ3v) is 5.64. The van der Waals surface area contributed by atoms with Gasteiger partial charge >= 0.3 is 10.4 Å². The molecule has 0 spiro atoms. The number of fused-ring (bicyclic) bond motifs is 1. The van der Waals surface area contributed by atoms with Gasteiger partial charge in [-0.1, -0.05) is 12.1 Å². The Morgan fingerprint density at radius 1 is 1.14 bits per heavy atom. The average Bonchev–Trinajstić information content (AvgIpc) is 3.41. The topological polar surface area (TPSA) is 144 Å². The van der Waals surface area contributed by atoms with Crippen LogP contribution in [0.2, 0.25) is 0 Å². The van der Waals surface area contributed by atoms with Gasteiger partial charge in [0.25, 0.3) is 6.29 Å². The summed E-state index contributed by atoms with van der Waals surface area (Å²) in [5.74, 6) is 0.348. The van der Waals surface area contributed by atoms with Crippen LogP contribution in [-0.4, -0.2) is 64.6 Å². The number of hydrogen-bond acceptors (Lipinski definition) is 9. The van der Waals surface area contributed by atoms with Gasteiger partial charge in [-0.15, -0.1) is 0 Å². The molecular formula is C23H25N3O8S. The predicted octanol–water partition coefficient (Wildman–Crippen LogP) is 2.58. The molecule has 0 fully saturated rings. The summed E-state index contributed by atoms with van der Waals surface area (Å²) in [4.78, 5) is 6.54. The third kappa shape index (κ3) is 6.04. The van der Waals surface area contributed by atoms with Gasteiger partial charge in [-0.25, -0.2) is 4.98 Å². The summed E-state index contributed by atoms with van der Waals surface area (Å²) < 4.78 is 48.3. The van der Waals surface area contributed by atoms with E-state index in [0.29, 0.717) is 22.6 Å². The van der Waals surface area contributed by atoms with Crippen molar-refractivity contribution in [3.8, 4) is 23.0 Å². The molecule has 35 heavy (non-hydrogen) atoms. The number of hydrogen-bond donors (Lipinski definition) is 3. The quantitative estimate of drug-likeness (QED) is 0.226. The van der Waals surface area contributed by atoms with E-state index in [2.05, 4.69) is 14.1 Å². The second kappa shape index (κ2) is 9.86. The van der Waals surface area contributed by atoms with Gasteiger partial charge in [0, 0.05) is 19.2 Å². The smallest absolute Gasteiger partial charge is 0.445 e. The van der Waals surface area contributed by atoms with Crippen LogP contribution in [0.3, 0.4) is 0 Å². The number of aromatic hydroxyl groups is 2. The Bertz CT molecular complexity index is 1340. The molecule has 3 aromatic rings. The molecule has 12 heteroatoms. The molecule has 186 valence electrons. The van der Waals surface area contributed by atoms with Gasteiger partial charge in [0.1, 0.15) is 12.3 Å². The Morgan fingerprint density at radius 2 is 1.91 bits per heavy atom. The number of phenolic OH excluding ortho intramolecular Hbond substituents is 2. The van der Waals surface area contributed by atoms with Gasteiger partial charge in [-0.05, 0) is 55.6 Å². The van der Waals surface area contributed by atoms with Gasteiger partial charge in [0.05, 0.1) is 12.0 Å². The van der Waals surface area contributed by atoms with E-state index in [1.807, 2.05) is 24.9 Å².